The lowest BCUT2D eigenvalue weighted by Crippen LogP contribution is -2.36. The van der Waals surface area contributed by atoms with E-state index in [9.17, 15) is 0 Å². The summed E-state index contributed by atoms with van der Waals surface area (Å²) in [6.07, 6.45) is 5.51. The fraction of sp³-hybridized carbons (Fsp3) is 0.0714. The molecule has 4 aromatic carbocycles. The molecule has 30 heavy (non-hydrogen) atoms. The van der Waals surface area contributed by atoms with E-state index in [0.29, 0.717) is 0 Å². The number of ether oxygens (including phenoxy) is 1. The van der Waals surface area contributed by atoms with E-state index in [4.69, 9.17) is 4.74 Å². The van der Waals surface area contributed by atoms with Gasteiger partial charge in [0.25, 0.3) is 0 Å². The zero-order valence-corrected chi connectivity index (χ0v) is 17.1. The van der Waals surface area contributed by atoms with Crippen LogP contribution in [-0.4, -0.2) is 0 Å². The summed E-state index contributed by atoms with van der Waals surface area (Å²) in [4.78, 5) is 2.52. The van der Waals surface area contributed by atoms with Crippen LogP contribution in [0.5, 0.6) is 5.75 Å². The van der Waals surface area contributed by atoms with Crippen LogP contribution in [0.1, 0.15) is 27.8 Å². The quantitative estimate of drug-likeness (QED) is 0.274. The molecule has 142 valence electrons. The molecule has 0 radical (unpaired) electrons. The first-order valence-electron chi connectivity index (χ1n) is 10.3. The second-order valence-corrected chi connectivity index (χ2v) is 9.23. The number of rotatable bonds is 0. The SMILES string of the molecule is C1=CC2(Oc3cc4c(cc31)Cc1ccccc1-4)c1ccccc1Sc1ccccc12. The van der Waals surface area contributed by atoms with Crippen LogP contribution in [0, 0.1) is 0 Å². The highest BCUT2D eigenvalue weighted by atomic mass is 32.2. The number of benzene rings is 4. The highest BCUT2D eigenvalue weighted by Gasteiger charge is 2.43. The second-order valence-electron chi connectivity index (χ2n) is 8.15. The second kappa shape index (κ2) is 5.90. The molecule has 0 aromatic heterocycles. The molecule has 0 saturated carbocycles. The zero-order valence-electron chi connectivity index (χ0n) is 16.3. The lowest BCUT2D eigenvalue weighted by molar-refractivity contribution is 0.154. The van der Waals surface area contributed by atoms with Gasteiger partial charge in [-0.1, -0.05) is 78.5 Å². The Morgan fingerprint density at radius 2 is 1.40 bits per heavy atom. The molecule has 0 atom stereocenters. The van der Waals surface area contributed by atoms with E-state index in [0.717, 1.165) is 12.2 Å². The topological polar surface area (TPSA) is 9.23 Å². The fourth-order valence-corrected chi connectivity index (χ4v) is 6.28. The predicted octanol–water partition coefficient (Wildman–Crippen LogP) is 7.07. The van der Waals surface area contributed by atoms with Gasteiger partial charge >= 0.3 is 0 Å². The minimum atomic E-state index is -0.586. The van der Waals surface area contributed by atoms with Crippen LogP contribution in [0.4, 0.5) is 0 Å². The van der Waals surface area contributed by atoms with Crippen molar-refractivity contribution in [3.05, 3.63) is 119 Å². The van der Waals surface area contributed by atoms with Gasteiger partial charge in [0.15, 0.2) is 5.60 Å². The molecule has 2 heterocycles. The molecule has 0 N–H and O–H groups in total. The van der Waals surface area contributed by atoms with Gasteiger partial charge in [0, 0.05) is 26.5 Å². The first-order valence-corrected chi connectivity index (χ1v) is 11.1. The van der Waals surface area contributed by atoms with E-state index < -0.39 is 5.60 Å². The molecule has 0 amide bonds. The molecule has 4 aromatic rings. The Morgan fingerprint density at radius 3 is 2.20 bits per heavy atom. The Morgan fingerprint density at radius 1 is 0.700 bits per heavy atom. The first kappa shape index (κ1) is 16.6. The summed E-state index contributed by atoms with van der Waals surface area (Å²) in [7, 11) is 0. The Labute approximate surface area is 180 Å². The largest absolute Gasteiger partial charge is 0.473 e. The van der Waals surface area contributed by atoms with Crippen molar-refractivity contribution in [1.82, 2.24) is 0 Å². The number of fused-ring (bicyclic) bond motifs is 8. The molecule has 3 aliphatic rings. The Balaban J connectivity index is 1.45. The molecule has 2 aliphatic heterocycles. The van der Waals surface area contributed by atoms with Gasteiger partial charge in [0.2, 0.25) is 0 Å². The molecule has 7 rings (SSSR count). The monoisotopic (exact) mass is 402 g/mol. The van der Waals surface area contributed by atoms with Gasteiger partial charge < -0.3 is 4.74 Å². The lowest BCUT2D eigenvalue weighted by Gasteiger charge is -2.40. The molecule has 0 bridgehead atoms. The van der Waals surface area contributed by atoms with Crippen molar-refractivity contribution in [3.8, 4) is 16.9 Å². The highest BCUT2D eigenvalue weighted by molar-refractivity contribution is 7.99. The van der Waals surface area contributed by atoms with Crippen LogP contribution in [0.15, 0.2) is 101 Å². The van der Waals surface area contributed by atoms with E-state index in [1.165, 1.54) is 48.7 Å². The van der Waals surface area contributed by atoms with E-state index in [-0.39, 0.29) is 0 Å². The first-order chi connectivity index (χ1) is 14.8. The molecule has 2 heteroatoms. The normalized spacial score (nSPS) is 16.1. The molecule has 0 fully saturated rings. The van der Waals surface area contributed by atoms with Gasteiger partial charge in [0.1, 0.15) is 5.75 Å². The summed E-state index contributed by atoms with van der Waals surface area (Å²) in [6.45, 7) is 0. The lowest BCUT2D eigenvalue weighted by atomic mass is 9.83. The van der Waals surface area contributed by atoms with Crippen LogP contribution in [-0.2, 0) is 12.0 Å². The van der Waals surface area contributed by atoms with Gasteiger partial charge in [-0.2, -0.15) is 0 Å². The Hall–Kier alpha value is -3.23. The van der Waals surface area contributed by atoms with Crippen LogP contribution in [0.3, 0.4) is 0 Å². The van der Waals surface area contributed by atoms with E-state index in [1.54, 1.807) is 0 Å². The summed E-state index contributed by atoms with van der Waals surface area (Å²) < 4.78 is 6.95. The minimum absolute atomic E-state index is 0.586. The minimum Gasteiger partial charge on any atom is -0.473 e. The van der Waals surface area contributed by atoms with Gasteiger partial charge in [-0.3, -0.25) is 0 Å². The number of hydrogen-bond donors (Lipinski definition) is 0. The molecule has 1 aliphatic carbocycles. The van der Waals surface area contributed by atoms with Crippen LogP contribution >= 0.6 is 11.8 Å². The van der Waals surface area contributed by atoms with Crippen molar-refractivity contribution < 1.29 is 4.74 Å². The van der Waals surface area contributed by atoms with Gasteiger partial charge in [0.05, 0.1) is 0 Å². The third-order valence-corrected chi connectivity index (χ3v) is 7.64. The Kier molecular flexibility index (Phi) is 3.26. The van der Waals surface area contributed by atoms with Crippen molar-refractivity contribution in [1.29, 1.82) is 0 Å². The standard InChI is InChI=1S/C28H18OS/c1-2-8-21-18(7-1)15-20-16-19-13-14-28(29-25(19)17-22(20)21)23-9-3-5-11-26(23)30-27-12-6-4-10-24(27)28/h1-14,16-17H,15H2. The maximum absolute atomic E-state index is 6.95. The van der Waals surface area contributed by atoms with Crippen molar-refractivity contribution in [2.24, 2.45) is 0 Å². The molecule has 0 saturated heterocycles. The van der Waals surface area contributed by atoms with Gasteiger partial charge in [-0.05, 0) is 59.0 Å². The van der Waals surface area contributed by atoms with E-state index >= 15 is 0 Å². The van der Waals surface area contributed by atoms with E-state index in [1.807, 2.05) is 11.8 Å². The summed E-state index contributed by atoms with van der Waals surface area (Å²) in [5.74, 6) is 0.962. The third kappa shape index (κ3) is 2.15. The maximum atomic E-state index is 6.95. The van der Waals surface area contributed by atoms with Crippen molar-refractivity contribution in [2.45, 2.75) is 21.8 Å². The summed E-state index contributed by atoms with van der Waals surface area (Å²) >= 11 is 1.83. The summed E-state index contributed by atoms with van der Waals surface area (Å²) in [5, 5.41) is 0. The smallest absolute Gasteiger partial charge is 0.180 e. The van der Waals surface area contributed by atoms with E-state index in [2.05, 4.69) is 97.1 Å². The maximum Gasteiger partial charge on any atom is 0.180 e. The van der Waals surface area contributed by atoms with Crippen molar-refractivity contribution in [2.75, 3.05) is 0 Å². The van der Waals surface area contributed by atoms with Crippen LogP contribution in [0.2, 0.25) is 0 Å². The molecular weight excluding hydrogens is 384 g/mol. The van der Waals surface area contributed by atoms with Crippen molar-refractivity contribution in [3.63, 3.8) is 0 Å². The van der Waals surface area contributed by atoms with Gasteiger partial charge in [-0.15, -0.1) is 0 Å². The average molecular weight is 403 g/mol. The van der Waals surface area contributed by atoms with Crippen molar-refractivity contribution >= 4 is 17.8 Å². The average Bonchev–Trinajstić information content (AvgIpc) is 3.15. The van der Waals surface area contributed by atoms with Crippen LogP contribution in [0.25, 0.3) is 17.2 Å². The predicted molar refractivity (Wildman–Crippen MR) is 122 cm³/mol. The molecule has 0 unspecified atom stereocenters. The van der Waals surface area contributed by atoms with Crippen LogP contribution < -0.4 is 4.74 Å². The summed E-state index contributed by atoms with van der Waals surface area (Å²) in [5.41, 5.74) is 8.45. The summed E-state index contributed by atoms with van der Waals surface area (Å²) in [6, 6.07) is 30.5. The fourth-order valence-electron chi connectivity index (χ4n) is 5.09. The number of hydrogen-bond acceptors (Lipinski definition) is 2. The zero-order chi connectivity index (χ0) is 19.7. The molecule has 1 spiro atoms. The Bertz CT molecular complexity index is 1340. The molecular formula is C28H18OS. The highest BCUT2D eigenvalue weighted by Crippen LogP contribution is 2.53. The van der Waals surface area contributed by atoms with Gasteiger partial charge in [-0.25, -0.2) is 0 Å². The third-order valence-electron chi connectivity index (χ3n) is 6.49. The molecule has 1 nitrogen and oxygen atoms in total.